The van der Waals surface area contributed by atoms with Crippen molar-refractivity contribution in [3.63, 3.8) is 0 Å². The van der Waals surface area contributed by atoms with Gasteiger partial charge in [-0.25, -0.2) is 4.98 Å². The summed E-state index contributed by atoms with van der Waals surface area (Å²) in [6, 6.07) is 12.7. The highest BCUT2D eigenvalue weighted by atomic mass is 16.5. The van der Waals surface area contributed by atoms with Crippen LogP contribution in [0.15, 0.2) is 64.4 Å². The number of carbonyl (C=O) groups is 2. The average Bonchev–Trinajstić information content (AvgIpc) is 3.31. The van der Waals surface area contributed by atoms with Gasteiger partial charge in [-0.05, 0) is 65.8 Å². The van der Waals surface area contributed by atoms with Gasteiger partial charge in [-0.2, -0.15) is 0 Å². The molecule has 1 heterocycles. The molecule has 1 aliphatic carbocycles. The molecule has 12 nitrogen and oxygen atoms in total. The quantitative estimate of drug-likeness (QED) is 0.219. The fourth-order valence-corrected chi connectivity index (χ4v) is 6.20. The largest absolute Gasteiger partial charge is 0.493 e. The maximum atomic E-state index is 13.8. The highest BCUT2D eigenvalue weighted by molar-refractivity contribution is 5.86. The molecule has 0 radical (unpaired) electrons. The Morgan fingerprint density at radius 3 is 2.44 bits per heavy atom. The number of hydrogen-bond donors (Lipinski definition) is 3. The van der Waals surface area contributed by atoms with Crippen LogP contribution in [0.3, 0.4) is 0 Å². The van der Waals surface area contributed by atoms with Crippen LogP contribution in [0.25, 0.3) is 22.0 Å². The average molecular weight is 656 g/mol. The zero-order valence-electron chi connectivity index (χ0n) is 28.0. The Labute approximate surface area is 278 Å². The number of para-hydroxylation sites is 1. The predicted octanol–water partition coefficient (Wildman–Crippen LogP) is 3.83. The van der Waals surface area contributed by atoms with Crippen LogP contribution in [0.5, 0.6) is 17.2 Å². The Morgan fingerprint density at radius 1 is 1.00 bits per heavy atom. The van der Waals surface area contributed by atoms with E-state index in [1.54, 1.807) is 44.6 Å². The number of nitrogens with zero attached hydrogens (tertiary/aromatic N) is 2. The molecule has 0 spiro atoms. The monoisotopic (exact) mass is 655 g/mol. The standard InChI is InChI=1S/C36H41N5O7/c1-20(2)32(35(44)37-15-16-41-19-38-26-10-8-7-9-24(26)36(41)45)40-28-14-12-23-25(18-29(28)43)27(39-21(3)42)13-11-22-17-30(46-4)33(47-5)34(48-6)31(22)23/h7-10,12,14,17-20,27,32H,11,13,15-16H2,1-6H3,(H,37,44)(H,39,42)(H,40,43)/t27-,32-/m0/s1. The van der Waals surface area contributed by atoms with Crippen molar-refractivity contribution in [3.05, 3.63) is 86.6 Å². The molecule has 0 saturated carbocycles. The van der Waals surface area contributed by atoms with Crippen LogP contribution >= 0.6 is 0 Å². The SMILES string of the molecule is COc1cc2c(c(OC)c1OC)-c1ccc(N[C@H](C(=O)NCCn3cnc4ccccc4c3=O)C(C)C)c(=O)cc1[C@@H](NC(C)=O)CC2. The van der Waals surface area contributed by atoms with E-state index in [-0.39, 0.29) is 47.5 Å². The first-order valence-electron chi connectivity index (χ1n) is 15.8. The van der Waals surface area contributed by atoms with E-state index in [2.05, 4.69) is 20.9 Å². The summed E-state index contributed by atoms with van der Waals surface area (Å²) in [7, 11) is 4.63. The molecule has 0 bridgehead atoms. The molecule has 5 rings (SSSR count). The molecule has 1 aliphatic rings. The smallest absolute Gasteiger partial charge is 0.261 e. The van der Waals surface area contributed by atoms with Crippen LogP contribution in [0.2, 0.25) is 0 Å². The number of aryl methyl sites for hydroxylation is 1. The number of rotatable bonds is 11. The molecule has 2 atom stereocenters. The van der Waals surface area contributed by atoms with Gasteiger partial charge >= 0.3 is 0 Å². The van der Waals surface area contributed by atoms with Crippen molar-refractivity contribution in [1.29, 1.82) is 0 Å². The van der Waals surface area contributed by atoms with Crippen molar-refractivity contribution in [2.45, 2.75) is 52.2 Å². The van der Waals surface area contributed by atoms with Crippen LogP contribution in [0.1, 0.15) is 44.4 Å². The molecule has 0 aliphatic heterocycles. The second-order valence-corrected chi connectivity index (χ2v) is 12.0. The molecular formula is C36H41N5O7. The third kappa shape index (κ3) is 6.83. The zero-order chi connectivity index (χ0) is 34.5. The lowest BCUT2D eigenvalue weighted by molar-refractivity contribution is -0.122. The fraction of sp³-hybridized carbons (Fsp3) is 0.361. The van der Waals surface area contributed by atoms with Crippen LogP contribution in [-0.4, -0.2) is 55.3 Å². The highest BCUT2D eigenvalue weighted by Gasteiger charge is 2.30. The van der Waals surface area contributed by atoms with Gasteiger partial charge in [-0.1, -0.05) is 32.0 Å². The van der Waals surface area contributed by atoms with E-state index in [1.807, 2.05) is 26.0 Å². The van der Waals surface area contributed by atoms with E-state index in [1.165, 1.54) is 31.0 Å². The summed E-state index contributed by atoms with van der Waals surface area (Å²) in [5.74, 6) is 0.627. The molecule has 48 heavy (non-hydrogen) atoms. The maximum absolute atomic E-state index is 13.8. The second kappa shape index (κ2) is 14.6. The molecule has 12 heteroatoms. The van der Waals surface area contributed by atoms with Crippen molar-refractivity contribution in [3.8, 4) is 28.4 Å². The molecule has 3 aromatic carbocycles. The summed E-state index contributed by atoms with van der Waals surface area (Å²) in [6.07, 6.45) is 2.57. The normalized spacial score (nSPS) is 14.3. The van der Waals surface area contributed by atoms with Crippen LogP contribution in [0, 0.1) is 5.92 Å². The number of fused-ring (bicyclic) bond motifs is 4. The number of nitrogens with one attached hydrogen (secondary N) is 3. The topological polar surface area (TPSA) is 150 Å². The summed E-state index contributed by atoms with van der Waals surface area (Å²) in [5.41, 5.74) is 3.24. The minimum Gasteiger partial charge on any atom is -0.493 e. The lowest BCUT2D eigenvalue weighted by atomic mass is 9.95. The van der Waals surface area contributed by atoms with E-state index in [4.69, 9.17) is 14.2 Å². The molecule has 0 saturated heterocycles. The predicted molar refractivity (Wildman–Crippen MR) is 184 cm³/mol. The number of aromatic nitrogens is 2. The summed E-state index contributed by atoms with van der Waals surface area (Å²) < 4.78 is 18.6. The third-order valence-electron chi connectivity index (χ3n) is 8.56. The molecule has 4 aromatic rings. The summed E-state index contributed by atoms with van der Waals surface area (Å²) in [6.45, 7) is 5.62. The van der Waals surface area contributed by atoms with Gasteiger partial charge in [-0.3, -0.25) is 23.7 Å². The zero-order valence-corrected chi connectivity index (χ0v) is 28.0. The first-order valence-corrected chi connectivity index (χ1v) is 15.8. The van der Waals surface area contributed by atoms with Crippen LogP contribution < -0.4 is 41.1 Å². The van der Waals surface area contributed by atoms with Gasteiger partial charge in [0.15, 0.2) is 11.5 Å². The maximum Gasteiger partial charge on any atom is 0.261 e. The van der Waals surface area contributed by atoms with Gasteiger partial charge in [-0.15, -0.1) is 0 Å². The van der Waals surface area contributed by atoms with Crippen LogP contribution in [0.4, 0.5) is 5.69 Å². The molecule has 0 unspecified atom stereocenters. The number of carbonyl (C=O) groups excluding carboxylic acids is 2. The van der Waals surface area contributed by atoms with Crippen molar-refractivity contribution in [1.82, 2.24) is 20.2 Å². The van der Waals surface area contributed by atoms with Crippen molar-refractivity contribution >= 4 is 28.4 Å². The van der Waals surface area contributed by atoms with Gasteiger partial charge in [0.05, 0.1) is 50.3 Å². The number of amides is 2. The Morgan fingerprint density at radius 2 is 1.75 bits per heavy atom. The van der Waals surface area contributed by atoms with Gasteiger partial charge < -0.3 is 30.2 Å². The van der Waals surface area contributed by atoms with E-state index in [0.29, 0.717) is 52.1 Å². The molecular weight excluding hydrogens is 614 g/mol. The van der Waals surface area contributed by atoms with Crippen molar-refractivity contribution in [2.24, 2.45) is 5.92 Å². The first-order chi connectivity index (χ1) is 23.1. The molecule has 1 aromatic heterocycles. The van der Waals surface area contributed by atoms with Gasteiger partial charge in [0.25, 0.3) is 5.56 Å². The molecule has 2 amide bonds. The van der Waals surface area contributed by atoms with Crippen molar-refractivity contribution in [2.75, 3.05) is 33.2 Å². The Bertz CT molecular complexity index is 1970. The third-order valence-corrected chi connectivity index (χ3v) is 8.56. The second-order valence-electron chi connectivity index (χ2n) is 12.0. The van der Waals surface area contributed by atoms with Crippen molar-refractivity contribution < 1.29 is 23.8 Å². The summed E-state index contributed by atoms with van der Waals surface area (Å²) in [5, 5.41) is 9.57. The number of benzene rings is 2. The molecule has 3 N–H and O–H groups in total. The van der Waals surface area contributed by atoms with E-state index < -0.39 is 12.1 Å². The fourth-order valence-electron chi connectivity index (χ4n) is 6.20. The first kappa shape index (κ1) is 34.0. The lowest BCUT2D eigenvalue weighted by Crippen LogP contribution is -2.45. The Hall–Kier alpha value is -5.39. The van der Waals surface area contributed by atoms with Gasteiger partial charge in [0.1, 0.15) is 6.04 Å². The number of anilines is 1. The van der Waals surface area contributed by atoms with Gasteiger partial charge in [0.2, 0.25) is 23.0 Å². The molecule has 0 fully saturated rings. The lowest BCUT2D eigenvalue weighted by Gasteiger charge is -2.22. The summed E-state index contributed by atoms with van der Waals surface area (Å²) in [4.78, 5) is 56.8. The van der Waals surface area contributed by atoms with E-state index in [9.17, 15) is 19.2 Å². The number of ether oxygens (including phenoxy) is 3. The Balaban J connectivity index is 1.47. The van der Waals surface area contributed by atoms with E-state index in [0.717, 1.165) is 11.1 Å². The van der Waals surface area contributed by atoms with E-state index >= 15 is 0 Å². The Kier molecular flexibility index (Phi) is 10.3. The summed E-state index contributed by atoms with van der Waals surface area (Å²) >= 11 is 0. The highest BCUT2D eigenvalue weighted by Crippen LogP contribution is 2.50. The number of hydrogen-bond acceptors (Lipinski definition) is 9. The van der Waals surface area contributed by atoms with Gasteiger partial charge in [0, 0.05) is 25.6 Å². The minimum atomic E-state index is -0.760. The number of methoxy groups -OCH3 is 3. The minimum absolute atomic E-state index is 0.186. The molecule has 252 valence electrons. The van der Waals surface area contributed by atoms with Crippen LogP contribution in [-0.2, 0) is 22.6 Å².